The van der Waals surface area contributed by atoms with E-state index in [9.17, 15) is 0 Å². The molecule has 0 aliphatic heterocycles. The number of guanidine groups is 1. The third kappa shape index (κ3) is 7.66. The van der Waals surface area contributed by atoms with Crippen LogP contribution in [0.1, 0.15) is 30.0 Å². The van der Waals surface area contributed by atoms with Crippen LogP contribution in [-0.4, -0.2) is 39.9 Å². The summed E-state index contributed by atoms with van der Waals surface area (Å²) in [6.07, 6.45) is 0.861. The Morgan fingerprint density at radius 3 is 2.55 bits per heavy atom. The Kier molecular flexibility index (Phi) is 9.86. The van der Waals surface area contributed by atoms with Crippen molar-refractivity contribution in [3.63, 3.8) is 0 Å². The number of ether oxygens (including phenoxy) is 3. The van der Waals surface area contributed by atoms with Crippen LogP contribution in [0.3, 0.4) is 0 Å². The highest BCUT2D eigenvalue weighted by molar-refractivity contribution is 5.79. The molecule has 0 bridgehead atoms. The van der Waals surface area contributed by atoms with Crippen molar-refractivity contribution in [1.82, 2.24) is 10.6 Å². The number of para-hydroxylation sites is 1. The fourth-order valence-corrected chi connectivity index (χ4v) is 2.85. The molecule has 2 aromatic rings. The smallest absolute Gasteiger partial charge is 0.191 e. The first kappa shape index (κ1) is 22.6. The summed E-state index contributed by atoms with van der Waals surface area (Å²) in [5, 5.41) is 6.69. The van der Waals surface area contributed by atoms with Crippen molar-refractivity contribution in [1.29, 1.82) is 0 Å². The van der Waals surface area contributed by atoms with Gasteiger partial charge in [0.1, 0.15) is 11.5 Å². The molecule has 6 heteroatoms. The molecule has 0 aliphatic rings. The van der Waals surface area contributed by atoms with E-state index in [-0.39, 0.29) is 0 Å². The van der Waals surface area contributed by atoms with Gasteiger partial charge in [-0.25, -0.2) is 4.99 Å². The molecule has 0 fully saturated rings. The minimum Gasteiger partial charge on any atom is -0.496 e. The van der Waals surface area contributed by atoms with E-state index < -0.39 is 0 Å². The first-order valence-corrected chi connectivity index (χ1v) is 10.0. The van der Waals surface area contributed by atoms with Gasteiger partial charge in [-0.2, -0.15) is 0 Å². The van der Waals surface area contributed by atoms with Crippen molar-refractivity contribution in [2.45, 2.75) is 33.4 Å². The summed E-state index contributed by atoms with van der Waals surface area (Å²) in [4.78, 5) is 4.70. The zero-order chi connectivity index (χ0) is 20.9. The second-order valence-corrected chi connectivity index (χ2v) is 6.67. The van der Waals surface area contributed by atoms with Gasteiger partial charge in [-0.1, -0.05) is 30.3 Å². The molecule has 2 rings (SSSR count). The third-order valence-electron chi connectivity index (χ3n) is 4.36. The lowest BCUT2D eigenvalue weighted by Crippen LogP contribution is -2.36. The Hall–Kier alpha value is -2.73. The van der Waals surface area contributed by atoms with Crippen LogP contribution in [0.25, 0.3) is 0 Å². The topological polar surface area (TPSA) is 64.1 Å². The van der Waals surface area contributed by atoms with Crippen LogP contribution in [0.4, 0.5) is 0 Å². The van der Waals surface area contributed by atoms with Crippen LogP contribution in [0.5, 0.6) is 11.5 Å². The van der Waals surface area contributed by atoms with Crippen LogP contribution < -0.4 is 20.1 Å². The number of aryl methyl sites for hydroxylation is 1. The number of hydrogen-bond donors (Lipinski definition) is 2. The number of rotatable bonds is 11. The van der Waals surface area contributed by atoms with Crippen molar-refractivity contribution in [2.75, 3.05) is 34.0 Å². The highest BCUT2D eigenvalue weighted by Gasteiger charge is 2.07. The van der Waals surface area contributed by atoms with E-state index in [0.717, 1.165) is 41.6 Å². The van der Waals surface area contributed by atoms with E-state index in [1.807, 2.05) is 24.3 Å². The average molecular weight is 400 g/mol. The summed E-state index contributed by atoms with van der Waals surface area (Å²) < 4.78 is 16.5. The normalized spacial score (nSPS) is 11.2. The fourth-order valence-electron chi connectivity index (χ4n) is 2.85. The number of nitrogens with zero attached hydrogens (tertiary/aromatic N) is 1. The van der Waals surface area contributed by atoms with Gasteiger partial charge in [-0.3, -0.25) is 0 Å². The van der Waals surface area contributed by atoms with Crippen LogP contribution in [-0.2, 0) is 17.8 Å². The molecule has 0 saturated carbocycles. The van der Waals surface area contributed by atoms with Crippen molar-refractivity contribution in [3.05, 3.63) is 59.2 Å². The van der Waals surface area contributed by atoms with Crippen molar-refractivity contribution in [2.24, 2.45) is 4.99 Å². The minimum atomic E-state index is 0.535. The lowest BCUT2D eigenvalue weighted by Gasteiger charge is -2.15. The molecule has 0 unspecified atom stereocenters. The predicted octanol–water partition coefficient (Wildman–Crippen LogP) is 3.67. The Morgan fingerprint density at radius 1 is 0.966 bits per heavy atom. The Morgan fingerprint density at radius 2 is 1.79 bits per heavy atom. The Bertz CT molecular complexity index is 778. The first-order chi connectivity index (χ1) is 14.2. The number of aliphatic imine (C=N–C) groups is 1. The highest BCUT2D eigenvalue weighted by Crippen LogP contribution is 2.21. The van der Waals surface area contributed by atoms with Gasteiger partial charge in [0, 0.05) is 44.4 Å². The molecule has 0 radical (unpaired) electrons. The average Bonchev–Trinajstić information content (AvgIpc) is 2.74. The Labute approximate surface area is 174 Å². The maximum Gasteiger partial charge on any atom is 0.191 e. The van der Waals surface area contributed by atoms with Gasteiger partial charge in [-0.05, 0) is 31.5 Å². The summed E-state index contributed by atoms with van der Waals surface area (Å²) in [7, 11) is 3.38. The molecule has 2 aromatic carbocycles. The number of methoxy groups -OCH3 is 2. The fraction of sp³-hybridized carbons (Fsp3) is 0.435. The molecule has 0 spiro atoms. The van der Waals surface area contributed by atoms with Crippen molar-refractivity contribution >= 4 is 5.96 Å². The zero-order valence-corrected chi connectivity index (χ0v) is 18.0. The molecule has 0 saturated heterocycles. The lowest BCUT2D eigenvalue weighted by molar-refractivity contribution is 0.172. The first-order valence-electron chi connectivity index (χ1n) is 10.0. The number of nitrogens with one attached hydrogen (secondary N) is 2. The molecule has 6 nitrogen and oxygen atoms in total. The van der Waals surface area contributed by atoms with Gasteiger partial charge in [0.15, 0.2) is 5.96 Å². The standard InChI is InChI=1S/C23H33N3O3/c1-5-24-23(25-16-19-9-6-7-10-21(19)28-4)26-17-20-12-11-18(2)15-22(20)29-14-8-13-27-3/h6-7,9-12,15H,5,8,13-14,16-17H2,1-4H3,(H2,24,25,26). The second-order valence-electron chi connectivity index (χ2n) is 6.67. The van der Waals surface area contributed by atoms with Gasteiger partial charge >= 0.3 is 0 Å². The molecule has 0 atom stereocenters. The van der Waals surface area contributed by atoms with Gasteiger partial charge in [0.25, 0.3) is 0 Å². The predicted molar refractivity (Wildman–Crippen MR) is 118 cm³/mol. The molecule has 2 N–H and O–H groups in total. The zero-order valence-electron chi connectivity index (χ0n) is 18.0. The van der Waals surface area contributed by atoms with Crippen LogP contribution in [0, 0.1) is 6.92 Å². The molecular formula is C23H33N3O3. The van der Waals surface area contributed by atoms with Crippen LogP contribution >= 0.6 is 0 Å². The van der Waals surface area contributed by atoms with Crippen LogP contribution in [0.15, 0.2) is 47.5 Å². The molecule has 29 heavy (non-hydrogen) atoms. The molecule has 0 heterocycles. The van der Waals surface area contributed by atoms with Crippen LogP contribution in [0.2, 0.25) is 0 Å². The summed E-state index contributed by atoms with van der Waals surface area (Å²) in [6, 6.07) is 14.2. The van der Waals surface area contributed by atoms with E-state index in [4.69, 9.17) is 19.2 Å². The van der Waals surface area contributed by atoms with Crippen molar-refractivity contribution in [3.8, 4) is 11.5 Å². The maximum atomic E-state index is 5.98. The quantitative estimate of drug-likeness (QED) is 0.343. The summed E-state index contributed by atoms with van der Waals surface area (Å²) in [5.74, 6) is 2.50. The van der Waals surface area contributed by atoms with E-state index in [1.165, 1.54) is 5.56 Å². The maximum absolute atomic E-state index is 5.98. The van der Waals surface area contributed by atoms with Gasteiger partial charge < -0.3 is 24.8 Å². The third-order valence-corrected chi connectivity index (χ3v) is 4.36. The van der Waals surface area contributed by atoms with E-state index in [2.05, 4.69) is 42.7 Å². The van der Waals surface area contributed by atoms with E-state index in [0.29, 0.717) is 26.3 Å². The number of benzene rings is 2. The summed E-state index contributed by atoms with van der Waals surface area (Å²) >= 11 is 0. The van der Waals surface area contributed by atoms with Gasteiger partial charge in [0.2, 0.25) is 0 Å². The van der Waals surface area contributed by atoms with Gasteiger partial charge in [0.05, 0.1) is 20.3 Å². The molecule has 0 aromatic heterocycles. The van der Waals surface area contributed by atoms with E-state index >= 15 is 0 Å². The summed E-state index contributed by atoms with van der Waals surface area (Å²) in [6.45, 7) is 7.39. The molecule has 0 aliphatic carbocycles. The number of hydrogen-bond acceptors (Lipinski definition) is 4. The second kappa shape index (κ2) is 12.7. The van der Waals surface area contributed by atoms with E-state index in [1.54, 1.807) is 14.2 Å². The molecule has 158 valence electrons. The SMILES string of the molecule is CCNC(=NCc1ccccc1OC)NCc1ccc(C)cc1OCCCOC. The molecule has 0 amide bonds. The lowest BCUT2D eigenvalue weighted by atomic mass is 10.1. The monoisotopic (exact) mass is 399 g/mol. The molecular weight excluding hydrogens is 366 g/mol. The Balaban J connectivity index is 2.04. The summed E-state index contributed by atoms with van der Waals surface area (Å²) in [5.41, 5.74) is 3.31. The van der Waals surface area contributed by atoms with Crippen molar-refractivity contribution < 1.29 is 14.2 Å². The minimum absolute atomic E-state index is 0.535. The largest absolute Gasteiger partial charge is 0.496 e. The highest BCUT2D eigenvalue weighted by atomic mass is 16.5. The van der Waals surface area contributed by atoms with Gasteiger partial charge in [-0.15, -0.1) is 0 Å².